The lowest BCUT2D eigenvalue weighted by Gasteiger charge is -2.06. The van der Waals surface area contributed by atoms with Gasteiger partial charge in [0, 0.05) is 20.1 Å². The van der Waals surface area contributed by atoms with Crippen LogP contribution < -0.4 is 0 Å². The number of rotatable bonds is 2. The molecule has 0 saturated carbocycles. The van der Waals surface area contributed by atoms with Crippen molar-refractivity contribution in [2.24, 2.45) is 0 Å². The number of hydrogen-bond donors (Lipinski definition) is 0. The summed E-state index contributed by atoms with van der Waals surface area (Å²) < 4.78 is 2.14. The van der Waals surface area contributed by atoms with Crippen molar-refractivity contribution in [1.29, 1.82) is 0 Å². The predicted molar refractivity (Wildman–Crippen MR) is 125 cm³/mol. The van der Waals surface area contributed by atoms with Gasteiger partial charge in [0.25, 0.3) is 0 Å². The van der Waals surface area contributed by atoms with Crippen LogP contribution in [0.25, 0.3) is 22.3 Å². The molecule has 0 aromatic heterocycles. The lowest BCUT2D eigenvalue weighted by Crippen LogP contribution is -1.86. The summed E-state index contributed by atoms with van der Waals surface area (Å²) in [5.41, 5.74) is 6.65. The summed E-state index contributed by atoms with van der Waals surface area (Å²) in [6.45, 7) is 0. The molecule has 0 nitrogen and oxygen atoms in total. The Morgan fingerprint density at radius 2 is 0.786 bits per heavy atom. The van der Waals surface area contributed by atoms with Gasteiger partial charge in [0.05, 0.1) is 0 Å². The predicted octanol–water partition coefficient (Wildman–Crippen LogP) is 7.95. The fraction of sp³-hybridized carbons (Fsp3) is 0. The molecule has 4 aromatic rings. The van der Waals surface area contributed by atoms with E-state index < -0.39 is 0 Å². The van der Waals surface area contributed by atoms with Crippen molar-refractivity contribution in [3.8, 4) is 34.1 Å². The summed E-state index contributed by atoms with van der Waals surface area (Å²) in [7, 11) is 0. The van der Waals surface area contributed by atoms with Gasteiger partial charge in [0.2, 0.25) is 0 Å². The molecular formula is C26H16Br2. The third-order valence-electron chi connectivity index (χ3n) is 4.50. The Morgan fingerprint density at radius 1 is 0.429 bits per heavy atom. The fourth-order valence-electron chi connectivity index (χ4n) is 3.08. The fourth-order valence-corrected chi connectivity index (χ4v) is 3.61. The van der Waals surface area contributed by atoms with Crippen molar-refractivity contribution in [2.75, 3.05) is 0 Å². The monoisotopic (exact) mass is 486 g/mol. The zero-order valence-corrected chi connectivity index (χ0v) is 18.2. The van der Waals surface area contributed by atoms with Crippen molar-refractivity contribution in [3.63, 3.8) is 0 Å². The van der Waals surface area contributed by atoms with E-state index in [1.807, 2.05) is 12.1 Å². The molecule has 0 atom stereocenters. The van der Waals surface area contributed by atoms with Gasteiger partial charge in [0.15, 0.2) is 0 Å². The molecule has 0 aliphatic rings. The molecular weight excluding hydrogens is 472 g/mol. The molecule has 134 valence electrons. The summed E-state index contributed by atoms with van der Waals surface area (Å²) in [4.78, 5) is 0. The van der Waals surface area contributed by atoms with Gasteiger partial charge >= 0.3 is 0 Å². The van der Waals surface area contributed by atoms with Gasteiger partial charge in [-0.25, -0.2) is 0 Å². The Kier molecular flexibility index (Phi) is 5.76. The Labute approximate surface area is 182 Å². The van der Waals surface area contributed by atoms with Gasteiger partial charge < -0.3 is 0 Å². The van der Waals surface area contributed by atoms with Crippen LogP contribution in [0.3, 0.4) is 0 Å². The summed E-state index contributed by atoms with van der Waals surface area (Å²) in [6, 6.07) is 33.2. The molecule has 0 amide bonds. The minimum Gasteiger partial charge on any atom is -0.0616 e. The quantitative estimate of drug-likeness (QED) is 0.251. The Bertz CT molecular complexity index is 1070. The second-order valence-corrected chi connectivity index (χ2v) is 8.19. The summed E-state index contributed by atoms with van der Waals surface area (Å²) in [5.74, 6) is 6.79. The molecule has 0 N–H and O–H groups in total. The second kappa shape index (κ2) is 8.61. The first kappa shape index (κ1) is 18.7. The largest absolute Gasteiger partial charge is 0.0616 e. The molecule has 0 heterocycles. The van der Waals surface area contributed by atoms with Gasteiger partial charge in [-0.15, -0.1) is 0 Å². The first-order chi connectivity index (χ1) is 13.7. The third-order valence-corrected chi connectivity index (χ3v) is 5.55. The van der Waals surface area contributed by atoms with Crippen molar-refractivity contribution in [1.82, 2.24) is 0 Å². The summed E-state index contributed by atoms with van der Waals surface area (Å²) in [5, 5.41) is 0. The van der Waals surface area contributed by atoms with Gasteiger partial charge in [0.1, 0.15) is 0 Å². The molecule has 0 unspecified atom stereocenters. The first-order valence-electron chi connectivity index (χ1n) is 8.93. The van der Waals surface area contributed by atoms with E-state index in [1.165, 1.54) is 0 Å². The highest BCUT2D eigenvalue weighted by atomic mass is 79.9. The molecule has 0 aliphatic carbocycles. The third kappa shape index (κ3) is 4.28. The first-order valence-corrected chi connectivity index (χ1v) is 10.5. The molecule has 0 aliphatic heterocycles. The molecule has 0 radical (unpaired) electrons. The molecule has 0 saturated heterocycles. The molecule has 0 bridgehead atoms. The summed E-state index contributed by atoms with van der Waals surface area (Å²) >= 11 is 7.00. The minimum atomic E-state index is 1.02. The Hall–Kier alpha value is -2.60. The minimum absolute atomic E-state index is 1.02. The van der Waals surface area contributed by atoms with E-state index in [0.29, 0.717) is 0 Å². The van der Waals surface area contributed by atoms with Crippen LogP contribution in [-0.4, -0.2) is 0 Å². The van der Waals surface area contributed by atoms with E-state index in [4.69, 9.17) is 0 Å². The lowest BCUT2D eigenvalue weighted by molar-refractivity contribution is 1.55. The average Bonchev–Trinajstić information content (AvgIpc) is 2.74. The van der Waals surface area contributed by atoms with Crippen LogP contribution in [0.15, 0.2) is 106 Å². The van der Waals surface area contributed by atoms with Crippen LogP contribution in [0.5, 0.6) is 0 Å². The van der Waals surface area contributed by atoms with Crippen LogP contribution >= 0.6 is 31.9 Å². The smallest absolute Gasteiger partial charge is 0.0327 e. The average molecular weight is 488 g/mol. The molecule has 0 spiro atoms. The highest BCUT2D eigenvalue weighted by Crippen LogP contribution is 2.27. The second-order valence-electron chi connectivity index (χ2n) is 6.35. The Balaban J connectivity index is 1.75. The van der Waals surface area contributed by atoms with Crippen molar-refractivity contribution in [2.45, 2.75) is 0 Å². The highest BCUT2D eigenvalue weighted by Gasteiger charge is 2.04. The van der Waals surface area contributed by atoms with E-state index in [-0.39, 0.29) is 0 Å². The highest BCUT2D eigenvalue weighted by molar-refractivity contribution is 9.10. The van der Waals surface area contributed by atoms with E-state index in [1.54, 1.807) is 0 Å². The molecule has 2 heteroatoms. The number of hydrogen-bond acceptors (Lipinski definition) is 0. The van der Waals surface area contributed by atoms with Crippen LogP contribution in [0.1, 0.15) is 11.1 Å². The summed E-state index contributed by atoms with van der Waals surface area (Å²) in [6.07, 6.45) is 0. The zero-order valence-electron chi connectivity index (χ0n) is 15.0. The topological polar surface area (TPSA) is 0 Å². The standard InChI is InChI=1S/C26H16Br2/c27-23-15-11-21(12-16-23)25-7-3-1-5-19(25)9-10-20-6-2-4-8-26(20)22-13-17-24(28)18-14-22/h1-8,11-18H. The van der Waals surface area contributed by atoms with E-state index >= 15 is 0 Å². The maximum atomic E-state index is 3.50. The molecule has 4 aromatic carbocycles. The van der Waals surface area contributed by atoms with Crippen molar-refractivity contribution < 1.29 is 0 Å². The molecule has 4 rings (SSSR count). The van der Waals surface area contributed by atoms with Gasteiger partial charge in [-0.3, -0.25) is 0 Å². The SMILES string of the molecule is Brc1ccc(-c2ccccc2C#Cc2ccccc2-c2ccc(Br)cc2)cc1. The lowest BCUT2D eigenvalue weighted by atomic mass is 9.98. The van der Waals surface area contributed by atoms with Gasteiger partial charge in [-0.05, 0) is 58.7 Å². The number of benzene rings is 4. The van der Waals surface area contributed by atoms with Gasteiger partial charge in [-0.2, -0.15) is 0 Å². The van der Waals surface area contributed by atoms with E-state index in [2.05, 4.69) is 129 Å². The van der Waals surface area contributed by atoms with E-state index in [9.17, 15) is 0 Å². The maximum absolute atomic E-state index is 3.50. The van der Waals surface area contributed by atoms with Crippen LogP contribution in [0, 0.1) is 11.8 Å². The molecule has 0 fully saturated rings. The van der Waals surface area contributed by atoms with Crippen LogP contribution in [0.4, 0.5) is 0 Å². The molecule has 28 heavy (non-hydrogen) atoms. The van der Waals surface area contributed by atoms with Crippen molar-refractivity contribution in [3.05, 3.63) is 117 Å². The van der Waals surface area contributed by atoms with Crippen LogP contribution in [-0.2, 0) is 0 Å². The van der Waals surface area contributed by atoms with Crippen LogP contribution in [0.2, 0.25) is 0 Å². The zero-order chi connectivity index (χ0) is 19.3. The number of halogens is 2. The maximum Gasteiger partial charge on any atom is 0.0327 e. The Morgan fingerprint density at radius 3 is 1.18 bits per heavy atom. The van der Waals surface area contributed by atoms with E-state index in [0.717, 1.165) is 42.3 Å². The normalized spacial score (nSPS) is 10.2. The van der Waals surface area contributed by atoms with Gasteiger partial charge in [-0.1, -0.05) is 104 Å². The van der Waals surface area contributed by atoms with Crippen molar-refractivity contribution >= 4 is 31.9 Å².